The molecule has 1 amide bonds. The molecule has 1 aromatic rings. The van der Waals surface area contributed by atoms with Gasteiger partial charge in [0.15, 0.2) is 18.1 Å². The highest BCUT2D eigenvalue weighted by atomic mass is 35.5. The number of benzene rings is 1. The monoisotopic (exact) mass is 383 g/mol. The highest BCUT2D eigenvalue weighted by molar-refractivity contribution is 6.32. The topological polar surface area (TPSA) is 73.9 Å². The van der Waals surface area contributed by atoms with Gasteiger partial charge in [-0.3, -0.25) is 4.79 Å². The molecular formula is C19H26ClNO5. The van der Waals surface area contributed by atoms with Crippen molar-refractivity contribution in [2.75, 3.05) is 20.3 Å². The zero-order valence-corrected chi connectivity index (χ0v) is 16.6. The Kier molecular flexibility index (Phi) is 8.45. The van der Waals surface area contributed by atoms with Crippen molar-refractivity contribution < 1.29 is 23.8 Å². The summed E-state index contributed by atoms with van der Waals surface area (Å²) in [5.74, 6) is -0.0516. The van der Waals surface area contributed by atoms with Gasteiger partial charge in [0.25, 0.3) is 5.91 Å². The van der Waals surface area contributed by atoms with Crippen molar-refractivity contribution in [2.24, 2.45) is 0 Å². The minimum Gasteiger partial charge on any atom is -0.491 e. The van der Waals surface area contributed by atoms with Gasteiger partial charge < -0.3 is 19.5 Å². The highest BCUT2D eigenvalue weighted by Crippen LogP contribution is 2.36. The maximum absolute atomic E-state index is 11.8. The fourth-order valence-corrected chi connectivity index (χ4v) is 2.29. The van der Waals surface area contributed by atoms with Crippen LogP contribution in [-0.2, 0) is 14.3 Å². The van der Waals surface area contributed by atoms with Gasteiger partial charge in [-0.1, -0.05) is 18.5 Å². The van der Waals surface area contributed by atoms with Gasteiger partial charge in [-0.25, -0.2) is 4.79 Å². The Morgan fingerprint density at radius 2 is 1.96 bits per heavy atom. The first-order valence-corrected chi connectivity index (χ1v) is 8.76. The van der Waals surface area contributed by atoms with Gasteiger partial charge in [0.1, 0.15) is 0 Å². The molecule has 0 radical (unpaired) electrons. The Hall–Kier alpha value is -2.21. The number of hydrogen-bond donors (Lipinski definition) is 1. The summed E-state index contributed by atoms with van der Waals surface area (Å²) in [6.07, 6.45) is 3.53. The molecule has 0 bridgehead atoms. The molecular weight excluding hydrogens is 358 g/mol. The third-order valence-corrected chi connectivity index (χ3v) is 3.94. The summed E-state index contributed by atoms with van der Waals surface area (Å²) in [7, 11) is 1.50. The number of esters is 1. The zero-order valence-electron chi connectivity index (χ0n) is 15.8. The van der Waals surface area contributed by atoms with E-state index < -0.39 is 5.97 Å². The average molecular weight is 384 g/mol. The van der Waals surface area contributed by atoms with Crippen LogP contribution in [0.2, 0.25) is 5.02 Å². The second-order valence-electron chi connectivity index (χ2n) is 6.19. The van der Waals surface area contributed by atoms with E-state index in [2.05, 4.69) is 5.32 Å². The molecule has 1 N–H and O–H groups in total. The third kappa shape index (κ3) is 6.96. The lowest BCUT2D eigenvalue weighted by molar-refractivity contribution is -0.144. The Labute approximate surface area is 159 Å². The zero-order chi connectivity index (χ0) is 19.7. The normalized spacial score (nSPS) is 11.3. The molecule has 0 unspecified atom stereocenters. The number of halogens is 1. The predicted octanol–water partition coefficient (Wildman–Crippen LogP) is 3.61. The quantitative estimate of drug-likeness (QED) is 0.521. The van der Waals surface area contributed by atoms with Crippen molar-refractivity contribution >= 4 is 29.6 Å². The van der Waals surface area contributed by atoms with Crippen LogP contribution in [0.4, 0.5) is 0 Å². The Morgan fingerprint density at radius 3 is 2.54 bits per heavy atom. The fourth-order valence-electron chi connectivity index (χ4n) is 2.00. The lowest BCUT2D eigenvalue weighted by Crippen LogP contribution is -2.44. The Bertz CT molecular complexity index is 670. The van der Waals surface area contributed by atoms with E-state index in [0.717, 1.165) is 6.42 Å². The number of ether oxygens (including phenoxy) is 3. The fraction of sp³-hybridized carbons (Fsp3) is 0.474. The molecule has 0 aliphatic heterocycles. The summed E-state index contributed by atoms with van der Waals surface area (Å²) < 4.78 is 15.6. The van der Waals surface area contributed by atoms with Crippen LogP contribution in [0.1, 0.15) is 39.7 Å². The van der Waals surface area contributed by atoms with E-state index in [1.165, 1.54) is 19.3 Å². The van der Waals surface area contributed by atoms with Gasteiger partial charge in [-0.05, 0) is 51.0 Å². The van der Waals surface area contributed by atoms with E-state index in [-0.39, 0.29) is 18.1 Å². The highest BCUT2D eigenvalue weighted by Gasteiger charge is 2.18. The standard InChI is InChI=1S/C19H26ClNO5/c1-6-19(3,4)21-16(22)12-26-17(23)9-8-13-10-14(20)18(24-5)15(11-13)25-7-2/h8-11H,6-7,12H2,1-5H3,(H,21,22)/b9-8+. The van der Waals surface area contributed by atoms with Crippen molar-refractivity contribution in [2.45, 2.75) is 39.7 Å². The maximum atomic E-state index is 11.8. The van der Waals surface area contributed by atoms with Crippen LogP contribution in [0.5, 0.6) is 11.5 Å². The Balaban J connectivity index is 2.69. The molecule has 0 spiro atoms. The van der Waals surface area contributed by atoms with Gasteiger partial charge in [-0.15, -0.1) is 0 Å². The van der Waals surface area contributed by atoms with Crippen molar-refractivity contribution in [3.05, 3.63) is 28.8 Å². The minimum atomic E-state index is -0.626. The Morgan fingerprint density at radius 1 is 1.27 bits per heavy atom. The van der Waals surface area contributed by atoms with Crippen LogP contribution in [-0.4, -0.2) is 37.7 Å². The van der Waals surface area contributed by atoms with E-state index in [4.69, 9.17) is 25.8 Å². The number of hydrogen-bond acceptors (Lipinski definition) is 5. The molecule has 1 aromatic carbocycles. The number of carbonyl (C=O) groups is 2. The molecule has 0 saturated carbocycles. The molecule has 144 valence electrons. The summed E-state index contributed by atoms with van der Waals surface area (Å²) in [6, 6.07) is 3.34. The van der Waals surface area contributed by atoms with Gasteiger partial charge in [0.2, 0.25) is 0 Å². The van der Waals surface area contributed by atoms with Gasteiger partial charge in [-0.2, -0.15) is 0 Å². The SMILES string of the molecule is CCOc1cc(/C=C/C(=O)OCC(=O)NC(C)(C)CC)cc(Cl)c1OC. The van der Waals surface area contributed by atoms with Crippen LogP contribution in [0.25, 0.3) is 6.08 Å². The van der Waals surface area contributed by atoms with E-state index in [9.17, 15) is 9.59 Å². The van der Waals surface area contributed by atoms with E-state index >= 15 is 0 Å². The number of rotatable bonds is 9. The number of amides is 1. The van der Waals surface area contributed by atoms with Crippen LogP contribution < -0.4 is 14.8 Å². The molecule has 0 aromatic heterocycles. The van der Waals surface area contributed by atoms with Crippen LogP contribution in [0.3, 0.4) is 0 Å². The molecule has 1 rings (SSSR count). The molecule has 26 heavy (non-hydrogen) atoms. The minimum absolute atomic E-state index is 0.333. The largest absolute Gasteiger partial charge is 0.491 e. The van der Waals surface area contributed by atoms with E-state index in [1.54, 1.807) is 12.1 Å². The molecule has 0 heterocycles. The van der Waals surface area contributed by atoms with Crippen molar-refractivity contribution in [3.8, 4) is 11.5 Å². The molecule has 7 heteroatoms. The first-order chi connectivity index (χ1) is 12.2. The lowest BCUT2D eigenvalue weighted by Gasteiger charge is -2.24. The van der Waals surface area contributed by atoms with Gasteiger partial charge in [0, 0.05) is 11.6 Å². The number of nitrogens with one attached hydrogen (secondary N) is 1. The van der Waals surface area contributed by atoms with Gasteiger partial charge in [0.05, 0.1) is 18.7 Å². The average Bonchev–Trinajstić information content (AvgIpc) is 2.58. The second kappa shape index (κ2) is 10.1. The summed E-state index contributed by atoms with van der Waals surface area (Å²) in [5.41, 5.74) is 0.308. The molecule has 6 nitrogen and oxygen atoms in total. The van der Waals surface area contributed by atoms with E-state index in [0.29, 0.717) is 28.7 Å². The van der Waals surface area contributed by atoms with Crippen molar-refractivity contribution in [3.63, 3.8) is 0 Å². The summed E-state index contributed by atoms with van der Waals surface area (Å²) in [6.45, 7) is 7.72. The number of carbonyl (C=O) groups excluding carboxylic acids is 2. The van der Waals surface area contributed by atoms with E-state index in [1.807, 2.05) is 27.7 Å². The van der Waals surface area contributed by atoms with Crippen LogP contribution >= 0.6 is 11.6 Å². The molecule has 0 aliphatic carbocycles. The van der Waals surface area contributed by atoms with Crippen LogP contribution in [0.15, 0.2) is 18.2 Å². The summed E-state index contributed by atoms with van der Waals surface area (Å²) >= 11 is 6.16. The first kappa shape index (κ1) is 21.8. The predicted molar refractivity (Wildman–Crippen MR) is 102 cm³/mol. The molecule has 0 saturated heterocycles. The maximum Gasteiger partial charge on any atom is 0.331 e. The molecule has 0 fully saturated rings. The van der Waals surface area contributed by atoms with Crippen LogP contribution in [0, 0.1) is 0 Å². The molecule has 0 atom stereocenters. The summed E-state index contributed by atoms with van der Waals surface area (Å²) in [5, 5.41) is 3.16. The smallest absolute Gasteiger partial charge is 0.331 e. The van der Waals surface area contributed by atoms with Crippen molar-refractivity contribution in [1.29, 1.82) is 0 Å². The van der Waals surface area contributed by atoms with Crippen molar-refractivity contribution in [1.82, 2.24) is 5.32 Å². The van der Waals surface area contributed by atoms with Gasteiger partial charge >= 0.3 is 5.97 Å². The second-order valence-corrected chi connectivity index (χ2v) is 6.60. The third-order valence-electron chi connectivity index (χ3n) is 3.65. The number of methoxy groups -OCH3 is 1. The summed E-state index contributed by atoms with van der Waals surface area (Å²) in [4.78, 5) is 23.6. The first-order valence-electron chi connectivity index (χ1n) is 8.38. The lowest BCUT2D eigenvalue weighted by atomic mass is 10.0. The molecule has 0 aliphatic rings.